The maximum Gasteiger partial charge on any atom is 0.177 e. The minimum absolute atomic E-state index is 0.178. The maximum atomic E-state index is 6.18. The van der Waals surface area contributed by atoms with Crippen molar-refractivity contribution in [1.29, 1.82) is 0 Å². The fourth-order valence-electron chi connectivity index (χ4n) is 3.13. The molecular weight excluding hydrogens is 294 g/mol. The van der Waals surface area contributed by atoms with Gasteiger partial charge >= 0.3 is 0 Å². The third-order valence-electron chi connectivity index (χ3n) is 4.16. The molecule has 3 aromatic carbocycles. The van der Waals surface area contributed by atoms with E-state index >= 15 is 0 Å². The first-order chi connectivity index (χ1) is 10.7. The van der Waals surface area contributed by atoms with Crippen LogP contribution < -0.4 is 10.1 Å². The quantitative estimate of drug-likeness (QED) is 0.664. The zero-order valence-electron chi connectivity index (χ0n) is 12.2. The Morgan fingerprint density at radius 1 is 1.00 bits per heavy atom. The number of halogens is 1. The number of nitrogens with one attached hydrogen (secondary N) is 1. The zero-order valence-corrected chi connectivity index (χ0v) is 13.0. The van der Waals surface area contributed by atoms with Gasteiger partial charge in [-0.2, -0.15) is 0 Å². The summed E-state index contributed by atoms with van der Waals surface area (Å²) >= 11 is 6.10. The fraction of sp³-hybridized carbons (Fsp3) is 0.158. The Kier molecular flexibility index (Phi) is 3.29. The lowest BCUT2D eigenvalue weighted by Crippen LogP contribution is -2.33. The molecule has 1 aliphatic heterocycles. The van der Waals surface area contributed by atoms with Crippen LogP contribution in [0.25, 0.3) is 10.8 Å². The summed E-state index contributed by atoms with van der Waals surface area (Å²) < 4.78 is 6.18. The highest BCUT2D eigenvalue weighted by molar-refractivity contribution is 6.30. The van der Waals surface area contributed by atoms with Gasteiger partial charge in [0.25, 0.3) is 0 Å². The van der Waals surface area contributed by atoms with Crippen LogP contribution in [-0.2, 0) is 0 Å². The molecule has 4 rings (SSSR count). The van der Waals surface area contributed by atoms with Gasteiger partial charge in [-0.1, -0.05) is 54.1 Å². The Balaban J connectivity index is 1.79. The highest BCUT2D eigenvalue weighted by atomic mass is 35.5. The SMILES string of the molecule is C[C@H]1N[C@H](c2cccc(Cl)c2)Oc2ccc3ccccc3c21. The van der Waals surface area contributed by atoms with Gasteiger partial charge in [0.1, 0.15) is 5.75 Å². The number of hydrogen-bond donors (Lipinski definition) is 1. The van der Waals surface area contributed by atoms with Crippen LogP contribution in [0.2, 0.25) is 5.02 Å². The first-order valence-electron chi connectivity index (χ1n) is 7.42. The second kappa shape index (κ2) is 5.31. The van der Waals surface area contributed by atoms with E-state index < -0.39 is 0 Å². The average molecular weight is 310 g/mol. The van der Waals surface area contributed by atoms with Gasteiger partial charge in [0.05, 0.1) is 0 Å². The summed E-state index contributed by atoms with van der Waals surface area (Å²) in [7, 11) is 0. The monoisotopic (exact) mass is 309 g/mol. The second-order valence-corrected chi connectivity index (χ2v) is 6.08. The van der Waals surface area contributed by atoms with Crippen LogP contribution in [0.4, 0.5) is 0 Å². The molecule has 1 heterocycles. The normalized spacial score (nSPS) is 20.5. The predicted octanol–water partition coefficient (Wildman–Crippen LogP) is 5.24. The van der Waals surface area contributed by atoms with Crippen LogP contribution in [0.3, 0.4) is 0 Å². The summed E-state index contributed by atoms with van der Waals surface area (Å²) in [5.74, 6) is 0.940. The van der Waals surface area contributed by atoms with E-state index in [4.69, 9.17) is 16.3 Å². The number of rotatable bonds is 1. The third kappa shape index (κ3) is 2.25. The zero-order chi connectivity index (χ0) is 15.1. The third-order valence-corrected chi connectivity index (χ3v) is 4.40. The molecule has 0 spiro atoms. The second-order valence-electron chi connectivity index (χ2n) is 5.64. The summed E-state index contributed by atoms with van der Waals surface area (Å²) in [4.78, 5) is 0. The molecule has 3 heteroatoms. The van der Waals surface area contributed by atoms with Crippen molar-refractivity contribution in [2.24, 2.45) is 0 Å². The largest absolute Gasteiger partial charge is 0.471 e. The van der Waals surface area contributed by atoms with Gasteiger partial charge in [-0.05, 0) is 35.9 Å². The molecule has 2 nitrogen and oxygen atoms in total. The van der Waals surface area contributed by atoms with Crippen molar-refractivity contribution in [1.82, 2.24) is 5.32 Å². The number of benzene rings is 3. The van der Waals surface area contributed by atoms with Gasteiger partial charge in [-0.25, -0.2) is 0 Å². The maximum absolute atomic E-state index is 6.18. The van der Waals surface area contributed by atoms with E-state index in [1.165, 1.54) is 16.3 Å². The molecule has 0 bridgehead atoms. The minimum atomic E-state index is -0.178. The minimum Gasteiger partial charge on any atom is -0.471 e. The van der Waals surface area contributed by atoms with Crippen molar-refractivity contribution in [2.75, 3.05) is 0 Å². The van der Waals surface area contributed by atoms with Crippen LogP contribution in [0.15, 0.2) is 60.7 Å². The molecule has 2 atom stereocenters. The smallest absolute Gasteiger partial charge is 0.177 e. The molecular formula is C19H16ClNO. The standard InChI is InChI=1S/C19H16ClNO/c1-12-18-16-8-3-2-5-13(16)9-10-17(18)22-19(21-12)14-6-4-7-15(20)11-14/h2-12,19,21H,1H3/t12-,19+/m1/s1. The Morgan fingerprint density at radius 2 is 1.86 bits per heavy atom. The van der Waals surface area contributed by atoms with Gasteiger partial charge in [-0.15, -0.1) is 0 Å². The molecule has 1 N–H and O–H groups in total. The van der Waals surface area contributed by atoms with E-state index in [0.717, 1.165) is 16.3 Å². The molecule has 0 aromatic heterocycles. The Bertz CT molecular complexity index is 846. The highest BCUT2D eigenvalue weighted by Crippen LogP contribution is 2.39. The summed E-state index contributed by atoms with van der Waals surface area (Å²) in [5, 5.41) is 6.73. The molecule has 0 unspecified atom stereocenters. The molecule has 0 saturated carbocycles. The number of hydrogen-bond acceptors (Lipinski definition) is 2. The molecule has 0 fully saturated rings. The van der Waals surface area contributed by atoms with E-state index in [1.54, 1.807) is 0 Å². The first-order valence-corrected chi connectivity index (χ1v) is 7.80. The predicted molar refractivity (Wildman–Crippen MR) is 90.3 cm³/mol. The lowest BCUT2D eigenvalue weighted by Gasteiger charge is -2.33. The van der Waals surface area contributed by atoms with Crippen LogP contribution in [0.5, 0.6) is 5.75 Å². The Morgan fingerprint density at radius 3 is 2.73 bits per heavy atom. The van der Waals surface area contributed by atoms with Crippen LogP contribution in [0.1, 0.15) is 30.3 Å². The van der Waals surface area contributed by atoms with E-state index in [1.807, 2.05) is 24.3 Å². The molecule has 0 aliphatic carbocycles. The van der Waals surface area contributed by atoms with Gasteiger partial charge in [0.15, 0.2) is 6.23 Å². The number of ether oxygens (including phenoxy) is 1. The summed E-state index contributed by atoms with van der Waals surface area (Å²) in [6, 6.07) is 20.6. The van der Waals surface area contributed by atoms with E-state index in [2.05, 4.69) is 48.6 Å². The highest BCUT2D eigenvalue weighted by Gasteiger charge is 2.27. The Labute approximate surface area is 134 Å². The van der Waals surface area contributed by atoms with Gasteiger partial charge in [-0.3, -0.25) is 5.32 Å². The van der Waals surface area contributed by atoms with E-state index in [0.29, 0.717) is 0 Å². The molecule has 0 radical (unpaired) electrons. The topological polar surface area (TPSA) is 21.3 Å². The van der Waals surface area contributed by atoms with E-state index in [-0.39, 0.29) is 12.3 Å². The molecule has 22 heavy (non-hydrogen) atoms. The lowest BCUT2D eigenvalue weighted by atomic mass is 9.96. The molecule has 0 amide bonds. The van der Waals surface area contributed by atoms with Gasteiger partial charge in [0, 0.05) is 22.2 Å². The van der Waals surface area contributed by atoms with Crippen LogP contribution >= 0.6 is 11.6 Å². The first kappa shape index (κ1) is 13.6. The van der Waals surface area contributed by atoms with Crippen molar-refractivity contribution in [2.45, 2.75) is 19.2 Å². The van der Waals surface area contributed by atoms with Crippen molar-refractivity contribution in [3.05, 3.63) is 76.8 Å². The average Bonchev–Trinajstić information content (AvgIpc) is 2.54. The summed E-state index contributed by atoms with van der Waals surface area (Å²) in [5.41, 5.74) is 2.26. The fourth-order valence-corrected chi connectivity index (χ4v) is 3.33. The lowest BCUT2D eigenvalue weighted by molar-refractivity contribution is 0.129. The van der Waals surface area contributed by atoms with Crippen molar-refractivity contribution in [3.63, 3.8) is 0 Å². The summed E-state index contributed by atoms with van der Waals surface area (Å²) in [6.07, 6.45) is -0.178. The van der Waals surface area contributed by atoms with Gasteiger partial charge < -0.3 is 4.74 Å². The van der Waals surface area contributed by atoms with Crippen molar-refractivity contribution >= 4 is 22.4 Å². The summed E-state index contributed by atoms with van der Waals surface area (Å²) in [6.45, 7) is 2.17. The Hall–Kier alpha value is -2.03. The van der Waals surface area contributed by atoms with Crippen molar-refractivity contribution < 1.29 is 4.74 Å². The van der Waals surface area contributed by atoms with Crippen molar-refractivity contribution in [3.8, 4) is 5.75 Å². The van der Waals surface area contributed by atoms with E-state index in [9.17, 15) is 0 Å². The van der Waals surface area contributed by atoms with Crippen LogP contribution in [-0.4, -0.2) is 0 Å². The number of fused-ring (bicyclic) bond motifs is 3. The molecule has 1 aliphatic rings. The molecule has 110 valence electrons. The molecule has 3 aromatic rings. The van der Waals surface area contributed by atoms with Crippen LogP contribution in [0, 0.1) is 0 Å². The molecule has 0 saturated heterocycles. The van der Waals surface area contributed by atoms with Gasteiger partial charge in [0.2, 0.25) is 0 Å².